The van der Waals surface area contributed by atoms with Gasteiger partial charge in [0.1, 0.15) is 11.8 Å². The molecule has 1 aromatic heterocycles. The number of nitrogens with one attached hydrogen (secondary N) is 1. The summed E-state index contributed by atoms with van der Waals surface area (Å²) in [5.74, 6) is 0. The van der Waals surface area contributed by atoms with Gasteiger partial charge in [0.25, 0.3) is 0 Å². The Labute approximate surface area is 106 Å². The van der Waals surface area contributed by atoms with Gasteiger partial charge in [-0.25, -0.2) is 0 Å². The summed E-state index contributed by atoms with van der Waals surface area (Å²) in [6, 6.07) is 8.27. The molecule has 92 valence electrons. The van der Waals surface area contributed by atoms with Crippen LogP contribution in [0, 0.1) is 0 Å². The highest BCUT2D eigenvalue weighted by Gasteiger charge is 2.21. The van der Waals surface area contributed by atoms with Gasteiger partial charge in [-0.2, -0.15) is 5.10 Å². The third kappa shape index (κ3) is 2.16. The van der Waals surface area contributed by atoms with E-state index in [1.807, 2.05) is 23.9 Å². The first-order valence-electron chi connectivity index (χ1n) is 5.60. The molecular formula is C12H16ClN3O. The highest BCUT2D eigenvalue weighted by Crippen LogP contribution is 2.25. The lowest BCUT2D eigenvalue weighted by Crippen LogP contribution is -2.33. The quantitative estimate of drug-likeness (QED) is 0.840. The molecular weight excluding hydrogens is 238 g/mol. The molecule has 1 aliphatic rings. The zero-order valence-corrected chi connectivity index (χ0v) is 10.5. The summed E-state index contributed by atoms with van der Waals surface area (Å²) >= 11 is 0. The van der Waals surface area contributed by atoms with Gasteiger partial charge in [0, 0.05) is 25.5 Å². The van der Waals surface area contributed by atoms with Crippen molar-refractivity contribution in [2.24, 2.45) is 7.05 Å². The lowest BCUT2D eigenvalue weighted by molar-refractivity contribution is 0.0255. The maximum atomic E-state index is 5.75. The van der Waals surface area contributed by atoms with Gasteiger partial charge in [-0.05, 0) is 6.07 Å². The van der Waals surface area contributed by atoms with Gasteiger partial charge in [0.2, 0.25) is 0 Å². The third-order valence-corrected chi connectivity index (χ3v) is 3.02. The Hall–Kier alpha value is -1.10. The van der Waals surface area contributed by atoms with Crippen molar-refractivity contribution in [2.75, 3.05) is 19.7 Å². The molecule has 0 aliphatic carbocycles. The first-order valence-corrected chi connectivity index (χ1v) is 5.60. The number of hydrogen-bond donors (Lipinski definition) is 1. The average Bonchev–Trinajstić information content (AvgIpc) is 2.69. The minimum Gasteiger partial charge on any atom is -0.369 e. The van der Waals surface area contributed by atoms with E-state index in [2.05, 4.69) is 22.5 Å². The standard InChI is InChI=1S/C12H15N3O.ClH/c1-15-10-5-3-2-4-9(10)12(14-15)11-8-13-6-7-16-11;/h2-5,11,13H,6-8H2,1H3;1H. The van der Waals surface area contributed by atoms with Gasteiger partial charge in [-0.15, -0.1) is 12.4 Å². The normalized spacial score (nSPS) is 20.2. The highest BCUT2D eigenvalue weighted by molar-refractivity contribution is 5.85. The second kappa shape index (κ2) is 5.04. The molecule has 1 N–H and O–H groups in total. The van der Waals surface area contributed by atoms with Gasteiger partial charge in [-0.1, -0.05) is 18.2 Å². The Balaban J connectivity index is 0.00000108. The van der Waals surface area contributed by atoms with Crippen LogP contribution in [0.2, 0.25) is 0 Å². The molecule has 5 heteroatoms. The molecule has 2 heterocycles. The zero-order chi connectivity index (χ0) is 11.0. The van der Waals surface area contributed by atoms with Crippen molar-refractivity contribution < 1.29 is 4.74 Å². The summed E-state index contributed by atoms with van der Waals surface area (Å²) in [7, 11) is 1.97. The summed E-state index contributed by atoms with van der Waals surface area (Å²) in [6.45, 7) is 2.54. The highest BCUT2D eigenvalue weighted by atomic mass is 35.5. The van der Waals surface area contributed by atoms with E-state index >= 15 is 0 Å². The molecule has 1 unspecified atom stereocenters. The SMILES string of the molecule is Cl.Cn1nc(C2CNCCO2)c2ccccc21. The van der Waals surface area contributed by atoms with Crippen LogP contribution in [0.1, 0.15) is 11.8 Å². The van der Waals surface area contributed by atoms with E-state index in [9.17, 15) is 0 Å². The fourth-order valence-electron chi connectivity index (χ4n) is 2.22. The molecule has 1 saturated heterocycles. The Morgan fingerprint density at radius 2 is 2.24 bits per heavy atom. The number of ether oxygens (including phenoxy) is 1. The van der Waals surface area contributed by atoms with E-state index in [1.165, 1.54) is 5.39 Å². The number of benzene rings is 1. The fraction of sp³-hybridized carbons (Fsp3) is 0.417. The van der Waals surface area contributed by atoms with E-state index in [0.717, 1.165) is 30.9 Å². The fourth-order valence-corrected chi connectivity index (χ4v) is 2.22. The average molecular weight is 254 g/mol. The topological polar surface area (TPSA) is 39.1 Å². The summed E-state index contributed by atoms with van der Waals surface area (Å²) < 4.78 is 7.67. The maximum absolute atomic E-state index is 5.75. The number of nitrogens with zero attached hydrogens (tertiary/aromatic N) is 2. The van der Waals surface area contributed by atoms with E-state index < -0.39 is 0 Å². The van der Waals surface area contributed by atoms with Crippen LogP contribution in [0.4, 0.5) is 0 Å². The van der Waals surface area contributed by atoms with Crippen LogP contribution in [0.25, 0.3) is 10.9 Å². The molecule has 3 rings (SSSR count). The molecule has 0 amide bonds. The number of hydrogen-bond acceptors (Lipinski definition) is 3. The van der Waals surface area contributed by atoms with Gasteiger partial charge in [0.15, 0.2) is 0 Å². The van der Waals surface area contributed by atoms with Crippen molar-refractivity contribution in [2.45, 2.75) is 6.10 Å². The first kappa shape index (κ1) is 12.4. The lowest BCUT2D eigenvalue weighted by atomic mass is 10.1. The van der Waals surface area contributed by atoms with Crippen LogP contribution < -0.4 is 5.32 Å². The van der Waals surface area contributed by atoms with Crippen molar-refractivity contribution in [1.29, 1.82) is 0 Å². The lowest BCUT2D eigenvalue weighted by Gasteiger charge is -2.22. The summed E-state index contributed by atoms with van der Waals surface area (Å²) in [6.07, 6.45) is 0.0832. The summed E-state index contributed by atoms with van der Waals surface area (Å²) in [5.41, 5.74) is 2.21. The van der Waals surface area contributed by atoms with Gasteiger partial charge in [-0.3, -0.25) is 4.68 Å². The van der Waals surface area contributed by atoms with Crippen molar-refractivity contribution >= 4 is 23.3 Å². The smallest absolute Gasteiger partial charge is 0.114 e. The largest absolute Gasteiger partial charge is 0.369 e. The van der Waals surface area contributed by atoms with E-state index in [0.29, 0.717) is 0 Å². The van der Waals surface area contributed by atoms with Crippen molar-refractivity contribution in [3.05, 3.63) is 30.0 Å². The van der Waals surface area contributed by atoms with Crippen LogP contribution in [-0.4, -0.2) is 29.5 Å². The molecule has 1 aromatic carbocycles. The van der Waals surface area contributed by atoms with Crippen molar-refractivity contribution in [3.63, 3.8) is 0 Å². The number of aromatic nitrogens is 2. The number of para-hydroxylation sites is 1. The molecule has 4 nitrogen and oxygen atoms in total. The number of halogens is 1. The van der Waals surface area contributed by atoms with E-state index in [4.69, 9.17) is 4.74 Å². The molecule has 2 aromatic rings. The van der Waals surface area contributed by atoms with Crippen LogP contribution in [0.5, 0.6) is 0 Å². The summed E-state index contributed by atoms with van der Waals surface area (Å²) in [4.78, 5) is 0. The van der Waals surface area contributed by atoms with Crippen molar-refractivity contribution in [3.8, 4) is 0 Å². The third-order valence-electron chi connectivity index (χ3n) is 3.02. The monoisotopic (exact) mass is 253 g/mol. The Kier molecular flexibility index (Phi) is 3.66. The first-order chi connectivity index (χ1) is 7.86. The minimum atomic E-state index is 0. The van der Waals surface area contributed by atoms with Gasteiger partial charge < -0.3 is 10.1 Å². The second-order valence-corrected chi connectivity index (χ2v) is 4.09. The van der Waals surface area contributed by atoms with Crippen molar-refractivity contribution in [1.82, 2.24) is 15.1 Å². The van der Waals surface area contributed by atoms with Crippen LogP contribution in [-0.2, 0) is 11.8 Å². The number of aryl methyl sites for hydroxylation is 1. The Morgan fingerprint density at radius 1 is 1.41 bits per heavy atom. The van der Waals surface area contributed by atoms with Crippen LogP contribution in [0.15, 0.2) is 24.3 Å². The van der Waals surface area contributed by atoms with Crippen LogP contribution in [0.3, 0.4) is 0 Å². The predicted octanol–water partition coefficient (Wildman–Crippen LogP) is 1.66. The maximum Gasteiger partial charge on any atom is 0.114 e. The molecule has 0 bridgehead atoms. The predicted molar refractivity (Wildman–Crippen MR) is 69.5 cm³/mol. The van der Waals surface area contributed by atoms with Gasteiger partial charge >= 0.3 is 0 Å². The number of morpholine rings is 1. The molecule has 1 fully saturated rings. The molecule has 0 saturated carbocycles. The minimum absolute atomic E-state index is 0. The Bertz CT molecular complexity index is 505. The van der Waals surface area contributed by atoms with E-state index in [-0.39, 0.29) is 18.5 Å². The number of rotatable bonds is 1. The molecule has 0 spiro atoms. The Morgan fingerprint density at radius 3 is 3.00 bits per heavy atom. The van der Waals surface area contributed by atoms with E-state index in [1.54, 1.807) is 0 Å². The molecule has 17 heavy (non-hydrogen) atoms. The molecule has 1 aliphatic heterocycles. The molecule has 0 radical (unpaired) electrons. The van der Waals surface area contributed by atoms with Crippen LogP contribution >= 0.6 is 12.4 Å². The summed E-state index contributed by atoms with van der Waals surface area (Å²) in [5, 5.41) is 9.09. The molecule has 1 atom stereocenters. The zero-order valence-electron chi connectivity index (χ0n) is 9.72. The number of fused-ring (bicyclic) bond motifs is 1. The second-order valence-electron chi connectivity index (χ2n) is 4.09. The van der Waals surface area contributed by atoms with Gasteiger partial charge in [0.05, 0.1) is 12.1 Å².